The third-order valence-corrected chi connectivity index (χ3v) is 4.36. The van der Waals surface area contributed by atoms with Crippen LogP contribution < -0.4 is 10.8 Å². The number of rotatable bonds is 5. The van der Waals surface area contributed by atoms with Gasteiger partial charge >= 0.3 is 0 Å². The van der Waals surface area contributed by atoms with Gasteiger partial charge in [-0.2, -0.15) is 5.10 Å². The zero-order valence-electron chi connectivity index (χ0n) is 12.8. The number of hydroxylamine groups is 1. The first-order valence-electron chi connectivity index (χ1n) is 7.18. The first-order valence-corrected chi connectivity index (χ1v) is 8.00. The largest absolute Gasteiger partial charge is 0.324 e. The van der Waals surface area contributed by atoms with E-state index >= 15 is 0 Å². The van der Waals surface area contributed by atoms with E-state index < -0.39 is 5.91 Å². The molecule has 0 aliphatic carbocycles. The highest BCUT2D eigenvalue weighted by molar-refractivity contribution is 7.17. The molecule has 0 radical (unpaired) electrons. The molecule has 2 amide bonds. The fraction of sp³-hybridized carbons (Fsp3) is 0.0625. The minimum atomic E-state index is -0.589. The van der Waals surface area contributed by atoms with Gasteiger partial charge in [-0.1, -0.05) is 0 Å². The molecule has 0 aliphatic rings. The molecular weight excluding hydrogens is 347 g/mol. The summed E-state index contributed by atoms with van der Waals surface area (Å²) in [5.74, 6) is -1.26. The fourth-order valence-corrected chi connectivity index (χ4v) is 2.98. The average Bonchev–Trinajstić information content (AvgIpc) is 3.25. The van der Waals surface area contributed by atoms with Crippen LogP contribution in [0.4, 0.5) is 10.1 Å². The summed E-state index contributed by atoms with van der Waals surface area (Å²) in [5, 5.41) is 15.6. The van der Waals surface area contributed by atoms with Gasteiger partial charge in [-0.15, -0.1) is 11.3 Å². The van der Waals surface area contributed by atoms with Crippen molar-refractivity contribution in [1.82, 2.24) is 15.3 Å². The van der Waals surface area contributed by atoms with Gasteiger partial charge in [-0.3, -0.25) is 19.5 Å². The van der Waals surface area contributed by atoms with Crippen molar-refractivity contribution in [3.8, 4) is 10.6 Å². The van der Waals surface area contributed by atoms with E-state index in [2.05, 4.69) is 10.4 Å². The summed E-state index contributed by atoms with van der Waals surface area (Å²) in [6, 6.07) is 10.5. The van der Waals surface area contributed by atoms with Crippen LogP contribution in [0.2, 0.25) is 0 Å². The molecule has 25 heavy (non-hydrogen) atoms. The van der Waals surface area contributed by atoms with Crippen molar-refractivity contribution in [2.45, 2.75) is 6.54 Å². The Bertz CT molecular complexity index is 904. The molecule has 0 saturated carbocycles. The van der Waals surface area contributed by atoms with Crippen molar-refractivity contribution >= 4 is 28.8 Å². The number of benzene rings is 1. The SMILES string of the molecule is O=C(Cn1ccc(-c2ccc(C(=O)NO)s2)n1)Nc1ccc(F)cc1. The van der Waals surface area contributed by atoms with Crippen molar-refractivity contribution in [1.29, 1.82) is 0 Å². The van der Waals surface area contributed by atoms with Crippen molar-refractivity contribution in [2.75, 3.05) is 5.32 Å². The molecule has 0 spiro atoms. The summed E-state index contributed by atoms with van der Waals surface area (Å²) in [4.78, 5) is 24.4. The van der Waals surface area contributed by atoms with E-state index in [4.69, 9.17) is 5.21 Å². The Labute approximate surface area is 145 Å². The molecule has 1 aromatic carbocycles. The lowest BCUT2D eigenvalue weighted by atomic mass is 10.3. The van der Waals surface area contributed by atoms with Crippen LogP contribution in [0.5, 0.6) is 0 Å². The predicted molar refractivity (Wildman–Crippen MR) is 89.8 cm³/mol. The standard InChI is InChI=1S/C16H13FN4O3S/c17-10-1-3-11(4-2-10)18-15(22)9-21-8-7-12(19-21)13-5-6-14(25-13)16(23)20-24/h1-8,24H,9H2,(H,18,22)(H,20,23). The lowest BCUT2D eigenvalue weighted by molar-refractivity contribution is -0.116. The number of hydrogen-bond acceptors (Lipinski definition) is 5. The average molecular weight is 360 g/mol. The first kappa shape index (κ1) is 16.8. The van der Waals surface area contributed by atoms with Gasteiger partial charge in [0.05, 0.1) is 9.75 Å². The van der Waals surface area contributed by atoms with E-state index in [1.54, 1.807) is 29.9 Å². The molecule has 3 rings (SSSR count). The van der Waals surface area contributed by atoms with Crippen LogP contribution >= 0.6 is 11.3 Å². The van der Waals surface area contributed by atoms with Gasteiger partial charge in [0, 0.05) is 11.9 Å². The van der Waals surface area contributed by atoms with Gasteiger partial charge < -0.3 is 5.32 Å². The predicted octanol–water partition coefficient (Wildman–Crippen LogP) is 2.51. The highest BCUT2D eigenvalue weighted by atomic mass is 32.1. The number of hydrogen-bond donors (Lipinski definition) is 3. The van der Waals surface area contributed by atoms with Gasteiger partial charge in [0.1, 0.15) is 18.1 Å². The van der Waals surface area contributed by atoms with E-state index in [1.165, 1.54) is 40.3 Å². The molecule has 0 saturated heterocycles. The number of thiophene rings is 1. The number of nitrogens with zero attached hydrogens (tertiary/aromatic N) is 2. The van der Waals surface area contributed by atoms with Gasteiger partial charge in [-0.25, -0.2) is 9.87 Å². The van der Waals surface area contributed by atoms with Crippen molar-refractivity contribution in [3.63, 3.8) is 0 Å². The number of halogens is 1. The summed E-state index contributed by atoms with van der Waals surface area (Å²) in [5.41, 5.74) is 2.68. The molecule has 7 nitrogen and oxygen atoms in total. The molecule has 2 aromatic heterocycles. The highest BCUT2D eigenvalue weighted by Crippen LogP contribution is 2.26. The number of anilines is 1. The van der Waals surface area contributed by atoms with Crippen LogP contribution in [-0.4, -0.2) is 26.8 Å². The summed E-state index contributed by atoms with van der Waals surface area (Å²) in [6.45, 7) is -0.00721. The van der Waals surface area contributed by atoms with Crippen molar-refractivity contribution in [3.05, 3.63) is 59.4 Å². The third kappa shape index (κ3) is 4.08. The number of nitrogens with one attached hydrogen (secondary N) is 2. The summed E-state index contributed by atoms with van der Waals surface area (Å²) in [6.07, 6.45) is 1.64. The molecule has 0 atom stereocenters. The Morgan fingerprint density at radius 1 is 1.16 bits per heavy atom. The highest BCUT2D eigenvalue weighted by Gasteiger charge is 2.12. The third-order valence-electron chi connectivity index (χ3n) is 3.26. The minimum absolute atomic E-state index is 0.00721. The minimum Gasteiger partial charge on any atom is -0.324 e. The number of carbonyl (C=O) groups excluding carboxylic acids is 2. The smallest absolute Gasteiger partial charge is 0.284 e. The second-order valence-corrected chi connectivity index (χ2v) is 6.14. The number of amides is 2. The first-order chi connectivity index (χ1) is 12.0. The Morgan fingerprint density at radius 2 is 1.92 bits per heavy atom. The van der Waals surface area contributed by atoms with Gasteiger partial charge in [0.2, 0.25) is 5.91 Å². The summed E-state index contributed by atoms with van der Waals surface area (Å²) in [7, 11) is 0. The van der Waals surface area contributed by atoms with E-state index in [-0.39, 0.29) is 18.3 Å². The molecule has 128 valence electrons. The number of aromatic nitrogens is 2. The molecule has 9 heteroatoms. The fourth-order valence-electron chi connectivity index (χ4n) is 2.11. The molecule has 0 bridgehead atoms. The van der Waals surface area contributed by atoms with Crippen molar-refractivity contribution in [2.24, 2.45) is 0 Å². The lowest BCUT2D eigenvalue weighted by Gasteiger charge is -2.05. The Balaban J connectivity index is 1.65. The summed E-state index contributed by atoms with van der Waals surface area (Å²) >= 11 is 1.17. The van der Waals surface area contributed by atoms with Gasteiger partial charge in [0.25, 0.3) is 5.91 Å². The maximum atomic E-state index is 12.8. The van der Waals surface area contributed by atoms with Gasteiger partial charge in [0.15, 0.2) is 0 Å². The van der Waals surface area contributed by atoms with Crippen LogP contribution in [0.1, 0.15) is 9.67 Å². The second-order valence-electron chi connectivity index (χ2n) is 5.06. The van der Waals surface area contributed by atoms with Crippen molar-refractivity contribution < 1.29 is 19.2 Å². The second kappa shape index (κ2) is 7.24. The van der Waals surface area contributed by atoms with E-state index in [1.807, 2.05) is 0 Å². The van der Waals surface area contributed by atoms with Crippen LogP contribution in [0, 0.1) is 5.82 Å². The van der Waals surface area contributed by atoms with Crippen LogP contribution in [-0.2, 0) is 11.3 Å². The monoisotopic (exact) mass is 360 g/mol. The maximum Gasteiger partial charge on any atom is 0.284 e. The molecule has 2 heterocycles. The van der Waals surface area contributed by atoms with Crippen LogP contribution in [0.15, 0.2) is 48.7 Å². The molecule has 0 aliphatic heterocycles. The maximum absolute atomic E-state index is 12.8. The Morgan fingerprint density at radius 3 is 2.64 bits per heavy atom. The Kier molecular flexibility index (Phi) is 4.87. The van der Waals surface area contributed by atoms with E-state index in [9.17, 15) is 14.0 Å². The summed E-state index contributed by atoms with van der Waals surface area (Å²) < 4.78 is 14.3. The lowest BCUT2D eigenvalue weighted by Crippen LogP contribution is -2.19. The topological polar surface area (TPSA) is 96.2 Å². The normalized spacial score (nSPS) is 10.5. The van der Waals surface area contributed by atoms with Crippen LogP contribution in [0.3, 0.4) is 0 Å². The zero-order chi connectivity index (χ0) is 17.8. The molecule has 3 aromatic rings. The molecule has 0 fully saturated rings. The molecule has 3 N–H and O–H groups in total. The van der Waals surface area contributed by atoms with E-state index in [0.29, 0.717) is 16.3 Å². The Hall–Kier alpha value is -3.04. The number of carbonyl (C=O) groups is 2. The zero-order valence-corrected chi connectivity index (χ0v) is 13.6. The van der Waals surface area contributed by atoms with Crippen LogP contribution in [0.25, 0.3) is 10.6 Å². The molecular formula is C16H13FN4O3S. The van der Waals surface area contributed by atoms with E-state index in [0.717, 1.165) is 4.88 Å². The van der Waals surface area contributed by atoms with Gasteiger partial charge in [-0.05, 0) is 42.5 Å². The quantitative estimate of drug-likeness (QED) is 0.481. The molecule has 0 unspecified atom stereocenters.